The summed E-state index contributed by atoms with van der Waals surface area (Å²) in [5.74, 6) is -0.644. The van der Waals surface area contributed by atoms with Crippen molar-refractivity contribution in [3.8, 4) is 0 Å². The van der Waals surface area contributed by atoms with Crippen LogP contribution in [0, 0.1) is 11.3 Å². The van der Waals surface area contributed by atoms with Crippen molar-refractivity contribution in [1.29, 1.82) is 0 Å². The van der Waals surface area contributed by atoms with Crippen molar-refractivity contribution < 1.29 is 19.8 Å². The number of aliphatic hydroxyl groups is 1. The third-order valence-corrected chi connectivity index (χ3v) is 3.61. The van der Waals surface area contributed by atoms with Gasteiger partial charge in [0, 0.05) is 13.0 Å². The number of carbonyl (C=O) groups is 2. The van der Waals surface area contributed by atoms with Gasteiger partial charge in [-0.25, -0.2) is 0 Å². The van der Waals surface area contributed by atoms with E-state index in [0.717, 1.165) is 25.7 Å². The summed E-state index contributed by atoms with van der Waals surface area (Å²) in [7, 11) is 0. The molecule has 110 valence electrons. The predicted molar refractivity (Wildman–Crippen MR) is 71.6 cm³/mol. The molecule has 2 unspecified atom stereocenters. The second kappa shape index (κ2) is 6.89. The normalized spacial score (nSPS) is 23.9. The minimum atomic E-state index is -0.881. The maximum atomic E-state index is 11.8. The van der Waals surface area contributed by atoms with E-state index >= 15 is 0 Å². The fraction of sp³-hybridized carbons (Fsp3) is 0.857. The largest absolute Gasteiger partial charge is 0.481 e. The van der Waals surface area contributed by atoms with Crippen LogP contribution >= 0.6 is 0 Å². The highest BCUT2D eigenvalue weighted by molar-refractivity contribution is 5.77. The third-order valence-electron chi connectivity index (χ3n) is 3.61. The molecule has 0 spiro atoms. The lowest BCUT2D eigenvalue weighted by molar-refractivity contribution is -0.139. The van der Waals surface area contributed by atoms with Gasteiger partial charge in [-0.2, -0.15) is 0 Å². The summed E-state index contributed by atoms with van der Waals surface area (Å²) < 4.78 is 0. The summed E-state index contributed by atoms with van der Waals surface area (Å²) in [6.45, 7) is 4.15. The molecule has 0 radical (unpaired) electrons. The summed E-state index contributed by atoms with van der Waals surface area (Å²) in [5.41, 5.74) is -0.526. The second-order valence-corrected chi connectivity index (χ2v) is 6.40. The van der Waals surface area contributed by atoms with Gasteiger partial charge in [0.05, 0.1) is 12.5 Å². The molecule has 5 nitrogen and oxygen atoms in total. The number of rotatable bonds is 6. The Labute approximate surface area is 114 Å². The van der Waals surface area contributed by atoms with Crippen molar-refractivity contribution in [3.63, 3.8) is 0 Å². The van der Waals surface area contributed by atoms with Gasteiger partial charge in [0.15, 0.2) is 0 Å². The summed E-state index contributed by atoms with van der Waals surface area (Å²) in [4.78, 5) is 22.5. The average molecular weight is 271 g/mol. The zero-order valence-electron chi connectivity index (χ0n) is 11.8. The van der Waals surface area contributed by atoms with Crippen LogP contribution in [0.3, 0.4) is 0 Å². The van der Waals surface area contributed by atoms with Gasteiger partial charge in [0.25, 0.3) is 0 Å². The fourth-order valence-electron chi connectivity index (χ4n) is 2.68. The van der Waals surface area contributed by atoms with Gasteiger partial charge in [-0.1, -0.05) is 20.3 Å². The Balaban J connectivity index is 2.29. The van der Waals surface area contributed by atoms with Crippen molar-refractivity contribution in [3.05, 3.63) is 0 Å². The molecule has 5 heteroatoms. The molecule has 0 aromatic rings. The van der Waals surface area contributed by atoms with E-state index in [0.29, 0.717) is 12.5 Å². The Bertz CT molecular complexity index is 327. The summed E-state index contributed by atoms with van der Waals surface area (Å²) >= 11 is 0. The lowest BCUT2D eigenvalue weighted by Gasteiger charge is -2.27. The number of carboxylic acids is 1. The highest BCUT2D eigenvalue weighted by Gasteiger charge is 2.26. The lowest BCUT2D eigenvalue weighted by atomic mass is 9.85. The van der Waals surface area contributed by atoms with E-state index in [9.17, 15) is 14.7 Å². The zero-order chi connectivity index (χ0) is 14.5. The number of aliphatic carboxylic acids is 1. The molecule has 0 heterocycles. The van der Waals surface area contributed by atoms with Crippen molar-refractivity contribution in [2.45, 2.75) is 58.5 Å². The number of carboxylic acid groups (broad SMARTS) is 1. The molecule has 0 bridgehead atoms. The van der Waals surface area contributed by atoms with Crippen LogP contribution in [0.4, 0.5) is 0 Å². The number of nitrogens with one attached hydrogen (secondary N) is 1. The maximum Gasteiger partial charge on any atom is 0.303 e. The number of hydrogen-bond acceptors (Lipinski definition) is 3. The lowest BCUT2D eigenvalue weighted by Crippen LogP contribution is -2.35. The summed E-state index contributed by atoms with van der Waals surface area (Å²) in [6.07, 6.45) is 3.62. The van der Waals surface area contributed by atoms with E-state index in [-0.39, 0.29) is 24.9 Å². The molecule has 19 heavy (non-hydrogen) atoms. The summed E-state index contributed by atoms with van der Waals surface area (Å²) in [5, 5.41) is 21.2. The molecule has 0 aromatic heterocycles. The monoisotopic (exact) mass is 271 g/mol. The minimum Gasteiger partial charge on any atom is -0.481 e. The number of amides is 1. The smallest absolute Gasteiger partial charge is 0.303 e. The molecular formula is C14H25NO4. The van der Waals surface area contributed by atoms with Crippen LogP contribution in [0.2, 0.25) is 0 Å². The van der Waals surface area contributed by atoms with E-state index < -0.39 is 11.4 Å². The highest BCUT2D eigenvalue weighted by Crippen LogP contribution is 2.26. The van der Waals surface area contributed by atoms with Gasteiger partial charge in [-0.15, -0.1) is 0 Å². The number of hydrogen-bond donors (Lipinski definition) is 3. The van der Waals surface area contributed by atoms with Crippen LogP contribution in [-0.4, -0.2) is 34.7 Å². The molecule has 2 atom stereocenters. The van der Waals surface area contributed by atoms with Gasteiger partial charge in [-0.3, -0.25) is 9.59 Å². The molecule has 3 N–H and O–H groups in total. The second-order valence-electron chi connectivity index (χ2n) is 6.40. The van der Waals surface area contributed by atoms with Crippen molar-refractivity contribution in [2.75, 3.05) is 6.54 Å². The van der Waals surface area contributed by atoms with E-state index in [1.807, 2.05) is 0 Å². The molecule has 0 aliphatic heterocycles. The average Bonchev–Trinajstić information content (AvgIpc) is 2.24. The Kier molecular flexibility index (Phi) is 5.79. The molecular weight excluding hydrogens is 246 g/mol. The SMILES string of the molecule is CC(C)(CC(=O)O)CC(=O)NCC1CCCC(O)C1. The van der Waals surface area contributed by atoms with Crippen molar-refractivity contribution in [2.24, 2.45) is 11.3 Å². The first kappa shape index (κ1) is 16.0. The van der Waals surface area contributed by atoms with Gasteiger partial charge in [0.1, 0.15) is 0 Å². The third kappa shape index (κ3) is 6.57. The molecule has 0 aromatic carbocycles. The fourth-order valence-corrected chi connectivity index (χ4v) is 2.68. The zero-order valence-corrected chi connectivity index (χ0v) is 11.8. The van der Waals surface area contributed by atoms with E-state index in [2.05, 4.69) is 5.32 Å². The topological polar surface area (TPSA) is 86.6 Å². The first-order chi connectivity index (χ1) is 8.78. The summed E-state index contributed by atoms with van der Waals surface area (Å²) in [6, 6.07) is 0. The van der Waals surface area contributed by atoms with E-state index in [4.69, 9.17) is 5.11 Å². The van der Waals surface area contributed by atoms with Crippen molar-refractivity contribution >= 4 is 11.9 Å². The molecule has 1 aliphatic carbocycles. The van der Waals surface area contributed by atoms with Crippen LogP contribution in [0.25, 0.3) is 0 Å². The Morgan fingerprint density at radius 2 is 1.95 bits per heavy atom. The van der Waals surface area contributed by atoms with Gasteiger partial charge < -0.3 is 15.5 Å². The van der Waals surface area contributed by atoms with E-state index in [1.54, 1.807) is 13.8 Å². The Hall–Kier alpha value is -1.10. The minimum absolute atomic E-state index is 0.0113. The van der Waals surface area contributed by atoms with Gasteiger partial charge in [-0.05, 0) is 30.6 Å². The van der Waals surface area contributed by atoms with Crippen molar-refractivity contribution in [1.82, 2.24) is 5.32 Å². The van der Waals surface area contributed by atoms with Crippen LogP contribution in [0.1, 0.15) is 52.4 Å². The van der Waals surface area contributed by atoms with Crippen LogP contribution in [0.15, 0.2) is 0 Å². The predicted octanol–water partition coefficient (Wildman–Crippen LogP) is 1.54. The molecule has 0 saturated heterocycles. The standard InChI is InChI=1S/C14H25NO4/c1-14(2,8-13(18)19)7-12(17)15-9-10-4-3-5-11(16)6-10/h10-11,16H,3-9H2,1-2H3,(H,15,17)(H,18,19). The molecule has 1 rings (SSSR count). The number of carbonyl (C=O) groups excluding carboxylic acids is 1. The Morgan fingerprint density at radius 1 is 1.26 bits per heavy atom. The molecule has 1 saturated carbocycles. The maximum absolute atomic E-state index is 11.8. The first-order valence-electron chi connectivity index (χ1n) is 6.95. The highest BCUT2D eigenvalue weighted by atomic mass is 16.4. The van der Waals surface area contributed by atoms with Crippen LogP contribution < -0.4 is 5.32 Å². The van der Waals surface area contributed by atoms with Gasteiger partial charge >= 0.3 is 5.97 Å². The van der Waals surface area contributed by atoms with E-state index in [1.165, 1.54) is 0 Å². The molecule has 1 fully saturated rings. The van der Waals surface area contributed by atoms with Crippen LogP contribution in [0.5, 0.6) is 0 Å². The van der Waals surface area contributed by atoms with Gasteiger partial charge in [0.2, 0.25) is 5.91 Å². The number of aliphatic hydroxyl groups excluding tert-OH is 1. The van der Waals surface area contributed by atoms with Crippen LogP contribution in [-0.2, 0) is 9.59 Å². The first-order valence-corrected chi connectivity index (χ1v) is 6.95. The quantitative estimate of drug-likeness (QED) is 0.684. The Morgan fingerprint density at radius 3 is 2.53 bits per heavy atom. The molecule has 1 aliphatic rings. The molecule has 1 amide bonds.